The molecule has 0 amide bonds. The van der Waals surface area contributed by atoms with Crippen LogP contribution in [-0.2, 0) is 4.74 Å². The van der Waals surface area contributed by atoms with Crippen LogP contribution in [-0.4, -0.2) is 13.2 Å². The van der Waals surface area contributed by atoms with E-state index in [0.717, 1.165) is 36.9 Å². The van der Waals surface area contributed by atoms with Crippen molar-refractivity contribution >= 4 is 0 Å². The van der Waals surface area contributed by atoms with Gasteiger partial charge in [-0.15, -0.1) is 6.58 Å². The lowest BCUT2D eigenvalue weighted by molar-refractivity contribution is 0.0780. The number of hydrogen-bond donors (Lipinski definition) is 0. The average Bonchev–Trinajstić information content (AvgIpc) is 2.60. The van der Waals surface area contributed by atoms with Crippen molar-refractivity contribution in [2.75, 3.05) is 13.2 Å². The second-order valence-electron chi connectivity index (χ2n) is 7.89. The van der Waals surface area contributed by atoms with Crippen molar-refractivity contribution in [3.8, 4) is 0 Å². The van der Waals surface area contributed by atoms with Crippen LogP contribution in [0.1, 0.15) is 77.6 Å². The van der Waals surface area contributed by atoms with Crippen LogP contribution in [0.15, 0.2) is 24.8 Å². The molecule has 0 bridgehead atoms. The highest BCUT2D eigenvalue weighted by Crippen LogP contribution is 2.42. The van der Waals surface area contributed by atoms with E-state index in [1.165, 1.54) is 70.6 Å². The molecule has 0 aliphatic heterocycles. The van der Waals surface area contributed by atoms with Gasteiger partial charge in [0.1, 0.15) is 0 Å². The van der Waals surface area contributed by atoms with Gasteiger partial charge >= 0.3 is 0 Å². The molecule has 2 rings (SSSR count). The van der Waals surface area contributed by atoms with Crippen molar-refractivity contribution in [1.82, 2.24) is 0 Å². The molecule has 2 fully saturated rings. The van der Waals surface area contributed by atoms with Crippen LogP contribution < -0.4 is 0 Å². The summed E-state index contributed by atoms with van der Waals surface area (Å²) in [5.74, 6) is 3.90. The summed E-state index contributed by atoms with van der Waals surface area (Å²) in [6.45, 7) is 7.53. The lowest BCUT2D eigenvalue weighted by atomic mass is 9.69. The van der Waals surface area contributed by atoms with E-state index < -0.39 is 0 Å². The number of ether oxygens (including phenoxy) is 1. The molecule has 2 aliphatic carbocycles. The summed E-state index contributed by atoms with van der Waals surface area (Å²) in [5.41, 5.74) is 0. The van der Waals surface area contributed by atoms with Crippen LogP contribution in [0, 0.1) is 23.7 Å². The zero-order valence-corrected chi connectivity index (χ0v) is 15.3. The summed E-state index contributed by atoms with van der Waals surface area (Å²) < 4.78 is 5.65. The Labute approximate surface area is 144 Å². The molecule has 0 spiro atoms. The maximum absolute atomic E-state index is 5.65. The molecule has 1 nitrogen and oxygen atoms in total. The van der Waals surface area contributed by atoms with Crippen molar-refractivity contribution in [1.29, 1.82) is 0 Å². The molecule has 0 atom stereocenters. The summed E-state index contributed by atoms with van der Waals surface area (Å²) in [7, 11) is 0. The van der Waals surface area contributed by atoms with Gasteiger partial charge < -0.3 is 4.74 Å². The number of allylic oxidation sites excluding steroid dienone is 2. The van der Waals surface area contributed by atoms with Gasteiger partial charge in [-0.1, -0.05) is 37.5 Å². The summed E-state index contributed by atoms with van der Waals surface area (Å²) in [5, 5.41) is 0. The molecule has 0 aromatic heterocycles. The van der Waals surface area contributed by atoms with E-state index in [1.54, 1.807) is 0 Å². The van der Waals surface area contributed by atoms with Crippen molar-refractivity contribution in [2.24, 2.45) is 23.7 Å². The fraction of sp³-hybridized carbons (Fsp3) is 0.818. The van der Waals surface area contributed by atoms with Crippen molar-refractivity contribution in [3.05, 3.63) is 24.8 Å². The van der Waals surface area contributed by atoms with Crippen LogP contribution in [0.25, 0.3) is 0 Å². The molecule has 2 saturated carbocycles. The predicted octanol–water partition coefficient (Wildman–Crippen LogP) is 6.55. The first kappa shape index (κ1) is 18.8. The number of unbranched alkanes of at least 4 members (excludes halogenated alkanes) is 1. The zero-order chi connectivity index (χ0) is 16.3. The molecule has 2 aliphatic rings. The number of hydrogen-bond acceptors (Lipinski definition) is 1. The lowest BCUT2D eigenvalue weighted by Crippen LogP contribution is -2.27. The second-order valence-corrected chi connectivity index (χ2v) is 7.89. The highest BCUT2D eigenvalue weighted by Gasteiger charge is 2.30. The first-order valence-corrected chi connectivity index (χ1v) is 10.1. The summed E-state index contributed by atoms with van der Waals surface area (Å²) in [6, 6.07) is 0. The van der Waals surface area contributed by atoms with E-state index in [1.807, 2.05) is 6.08 Å². The van der Waals surface area contributed by atoms with Crippen molar-refractivity contribution in [3.63, 3.8) is 0 Å². The maximum atomic E-state index is 5.65. The van der Waals surface area contributed by atoms with Gasteiger partial charge in [-0.3, -0.25) is 0 Å². The van der Waals surface area contributed by atoms with Gasteiger partial charge in [-0.25, -0.2) is 0 Å². The van der Waals surface area contributed by atoms with E-state index in [9.17, 15) is 0 Å². The smallest absolute Gasteiger partial charge is 0.0644 e. The molecule has 0 heterocycles. The highest BCUT2D eigenvalue weighted by molar-refractivity contribution is 4.83. The quantitative estimate of drug-likeness (QED) is 0.346. The molecular formula is C22H38O. The van der Waals surface area contributed by atoms with Crippen LogP contribution >= 0.6 is 0 Å². The molecule has 0 saturated heterocycles. The fourth-order valence-electron chi connectivity index (χ4n) is 4.78. The SMILES string of the molecule is C=CCOCC1CCC([C@H]2CC[C@H](CCC/C=C\C)CC2)CC1. The predicted molar refractivity (Wildman–Crippen MR) is 101 cm³/mol. The third-order valence-corrected chi connectivity index (χ3v) is 6.26. The highest BCUT2D eigenvalue weighted by atomic mass is 16.5. The van der Waals surface area contributed by atoms with Gasteiger partial charge in [-0.2, -0.15) is 0 Å². The standard InChI is InChI=1S/C22H38O/c1-3-5-6-7-8-19-9-13-21(14-10-19)22-15-11-20(12-16-22)18-23-17-4-2/h3-5,19-22H,2,6-18H2,1H3/b5-3-/t19-,20?,21-,22?. The molecule has 132 valence electrons. The maximum Gasteiger partial charge on any atom is 0.0644 e. The van der Waals surface area contributed by atoms with Crippen LogP contribution in [0.3, 0.4) is 0 Å². The Morgan fingerprint density at radius 2 is 1.52 bits per heavy atom. The molecule has 0 N–H and O–H groups in total. The fourth-order valence-corrected chi connectivity index (χ4v) is 4.78. The van der Waals surface area contributed by atoms with Crippen LogP contribution in [0.5, 0.6) is 0 Å². The Bertz CT molecular complexity index is 330. The molecule has 1 heteroatoms. The Hall–Kier alpha value is -0.560. The van der Waals surface area contributed by atoms with Gasteiger partial charge in [0.15, 0.2) is 0 Å². The van der Waals surface area contributed by atoms with Gasteiger partial charge in [0.25, 0.3) is 0 Å². The first-order chi connectivity index (χ1) is 11.3. The van der Waals surface area contributed by atoms with Crippen LogP contribution in [0.4, 0.5) is 0 Å². The monoisotopic (exact) mass is 318 g/mol. The Kier molecular flexibility index (Phi) is 9.04. The largest absolute Gasteiger partial charge is 0.377 e. The summed E-state index contributed by atoms with van der Waals surface area (Å²) >= 11 is 0. The van der Waals surface area contributed by atoms with Gasteiger partial charge in [0.2, 0.25) is 0 Å². The Morgan fingerprint density at radius 1 is 0.913 bits per heavy atom. The minimum atomic E-state index is 0.720. The molecule has 23 heavy (non-hydrogen) atoms. The topological polar surface area (TPSA) is 9.23 Å². The Balaban J connectivity index is 1.58. The molecule has 0 radical (unpaired) electrons. The minimum absolute atomic E-state index is 0.720. The third kappa shape index (κ3) is 6.83. The van der Waals surface area contributed by atoms with Gasteiger partial charge in [0.05, 0.1) is 6.61 Å². The second kappa shape index (κ2) is 11.1. The first-order valence-electron chi connectivity index (χ1n) is 10.1. The zero-order valence-electron chi connectivity index (χ0n) is 15.3. The van der Waals surface area contributed by atoms with E-state index in [0.29, 0.717) is 0 Å². The number of rotatable bonds is 9. The van der Waals surface area contributed by atoms with Gasteiger partial charge in [-0.05, 0) is 82.0 Å². The van der Waals surface area contributed by atoms with Crippen LogP contribution in [0.2, 0.25) is 0 Å². The van der Waals surface area contributed by atoms with E-state index in [4.69, 9.17) is 4.74 Å². The molecule has 0 aromatic rings. The van der Waals surface area contributed by atoms with E-state index >= 15 is 0 Å². The van der Waals surface area contributed by atoms with E-state index in [2.05, 4.69) is 25.7 Å². The average molecular weight is 319 g/mol. The molecule has 0 unspecified atom stereocenters. The van der Waals surface area contributed by atoms with Crippen molar-refractivity contribution < 1.29 is 4.74 Å². The molecular weight excluding hydrogens is 280 g/mol. The van der Waals surface area contributed by atoms with Gasteiger partial charge in [0, 0.05) is 6.61 Å². The van der Waals surface area contributed by atoms with Crippen molar-refractivity contribution in [2.45, 2.75) is 77.6 Å². The molecule has 0 aromatic carbocycles. The summed E-state index contributed by atoms with van der Waals surface area (Å²) in [6.07, 6.45) is 22.3. The lowest BCUT2D eigenvalue weighted by Gasteiger charge is -2.38. The Morgan fingerprint density at radius 3 is 2.09 bits per heavy atom. The third-order valence-electron chi connectivity index (χ3n) is 6.26. The summed E-state index contributed by atoms with van der Waals surface area (Å²) in [4.78, 5) is 0. The minimum Gasteiger partial charge on any atom is -0.377 e. The van der Waals surface area contributed by atoms with E-state index in [-0.39, 0.29) is 0 Å². The normalized spacial score (nSPS) is 32.2.